The molecule has 0 spiro atoms. The zero-order valence-corrected chi connectivity index (χ0v) is 12.9. The predicted molar refractivity (Wildman–Crippen MR) is 84.5 cm³/mol. The van der Waals surface area contributed by atoms with E-state index < -0.39 is 0 Å². The van der Waals surface area contributed by atoms with Gasteiger partial charge in [-0.2, -0.15) is 4.37 Å². The summed E-state index contributed by atoms with van der Waals surface area (Å²) in [5.41, 5.74) is 7.46. The number of anilines is 2. The minimum Gasteiger partial charge on any atom is -0.383 e. The van der Waals surface area contributed by atoms with E-state index in [-0.39, 0.29) is 0 Å². The minimum atomic E-state index is 0.706. The average Bonchev–Trinajstić information content (AvgIpc) is 3.06. The largest absolute Gasteiger partial charge is 0.383 e. The maximum Gasteiger partial charge on any atom is 0.142 e. The highest BCUT2D eigenvalue weighted by Gasteiger charge is 2.35. The van der Waals surface area contributed by atoms with Gasteiger partial charge >= 0.3 is 0 Å². The van der Waals surface area contributed by atoms with Crippen molar-refractivity contribution in [2.45, 2.75) is 50.5 Å². The first-order valence-electron chi connectivity index (χ1n) is 8.07. The molecule has 3 fully saturated rings. The van der Waals surface area contributed by atoms with Crippen LogP contribution in [0.15, 0.2) is 0 Å². The Kier molecular flexibility index (Phi) is 3.34. The second-order valence-electron chi connectivity index (χ2n) is 6.55. The van der Waals surface area contributed by atoms with Gasteiger partial charge in [0, 0.05) is 24.7 Å². The summed E-state index contributed by atoms with van der Waals surface area (Å²) >= 11 is 1.62. The Balaban J connectivity index is 1.47. The molecule has 1 saturated carbocycles. The third kappa shape index (κ3) is 2.31. The normalized spacial score (nSPS) is 28.2. The molecule has 1 aromatic heterocycles. The van der Waals surface area contributed by atoms with Crippen molar-refractivity contribution in [1.29, 1.82) is 0 Å². The third-order valence-corrected chi connectivity index (χ3v) is 6.02. The van der Waals surface area contributed by atoms with E-state index in [9.17, 15) is 0 Å². The second kappa shape index (κ2) is 5.19. The van der Waals surface area contributed by atoms with Gasteiger partial charge < -0.3 is 10.6 Å². The van der Waals surface area contributed by atoms with Crippen LogP contribution in [0.25, 0.3) is 0 Å². The summed E-state index contributed by atoms with van der Waals surface area (Å²) in [6, 6.07) is 0.755. The van der Waals surface area contributed by atoms with Crippen LogP contribution < -0.4 is 10.6 Å². The first-order chi connectivity index (χ1) is 9.83. The topological polar surface area (TPSA) is 45.4 Å². The van der Waals surface area contributed by atoms with E-state index in [1.54, 1.807) is 11.5 Å². The Morgan fingerprint density at radius 3 is 2.60 bits per heavy atom. The molecule has 2 N–H and O–H groups in total. The number of aromatic nitrogens is 1. The number of rotatable bonds is 3. The van der Waals surface area contributed by atoms with E-state index in [2.05, 4.69) is 14.2 Å². The van der Waals surface area contributed by atoms with Gasteiger partial charge in [-0.3, -0.25) is 4.90 Å². The van der Waals surface area contributed by atoms with Gasteiger partial charge in [0.25, 0.3) is 0 Å². The molecule has 0 aromatic carbocycles. The molecule has 1 aliphatic carbocycles. The van der Waals surface area contributed by atoms with E-state index >= 15 is 0 Å². The molecule has 1 aromatic rings. The molecule has 5 heteroatoms. The zero-order chi connectivity index (χ0) is 13.5. The lowest BCUT2D eigenvalue weighted by Gasteiger charge is -2.32. The summed E-state index contributed by atoms with van der Waals surface area (Å²) in [7, 11) is 0. The highest BCUT2D eigenvalue weighted by Crippen LogP contribution is 2.49. The first kappa shape index (κ1) is 12.9. The summed E-state index contributed by atoms with van der Waals surface area (Å²) in [6.07, 6.45) is 8.11. The average molecular weight is 292 g/mol. The van der Waals surface area contributed by atoms with Crippen LogP contribution in [0.5, 0.6) is 0 Å². The van der Waals surface area contributed by atoms with Crippen molar-refractivity contribution in [1.82, 2.24) is 9.27 Å². The monoisotopic (exact) mass is 292 g/mol. The van der Waals surface area contributed by atoms with E-state index in [0.29, 0.717) is 5.92 Å². The maximum atomic E-state index is 6.09. The van der Waals surface area contributed by atoms with Crippen LogP contribution in [0.4, 0.5) is 10.8 Å². The van der Waals surface area contributed by atoms with Crippen LogP contribution in [-0.4, -0.2) is 41.5 Å². The SMILES string of the molecule is Nc1nsc(N2CCC(N3CCCCC3)C2)c1C1CC1. The molecule has 110 valence electrons. The van der Waals surface area contributed by atoms with Crippen molar-refractivity contribution < 1.29 is 0 Å². The van der Waals surface area contributed by atoms with Gasteiger partial charge in [-0.15, -0.1) is 0 Å². The molecule has 3 heterocycles. The molecule has 0 bridgehead atoms. The smallest absolute Gasteiger partial charge is 0.142 e. The van der Waals surface area contributed by atoms with Gasteiger partial charge in [0.1, 0.15) is 10.8 Å². The van der Waals surface area contributed by atoms with Crippen LogP contribution in [0.3, 0.4) is 0 Å². The van der Waals surface area contributed by atoms with Crippen molar-refractivity contribution in [3.8, 4) is 0 Å². The molecule has 20 heavy (non-hydrogen) atoms. The second-order valence-corrected chi connectivity index (χ2v) is 7.30. The molecule has 0 amide bonds. The van der Waals surface area contributed by atoms with Gasteiger partial charge in [0.15, 0.2) is 0 Å². The fourth-order valence-corrected chi connectivity index (χ4v) is 4.73. The van der Waals surface area contributed by atoms with Crippen molar-refractivity contribution in [2.24, 2.45) is 0 Å². The van der Waals surface area contributed by atoms with Crippen molar-refractivity contribution >= 4 is 22.4 Å². The van der Waals surface area contributed by atoms with E-state index in [1.165, 1.54) is 75.3 Å². The van der Waals surface area contributed by atoms with Crippen LogP contribution in [0.1, 0.15) is 50.0 Å². The molecule has 4 rings (SSSR count). The van der Waals surface area contributed by atoms with Gasteiger partial charge in [-0.25, -0.2) is 0 Å². The quantitative estimate of drug-likeness (QED) is 0.930. The van der Waals surface area contributed by atoms with Crippen LogP contribution in [-0.2, 0) is 0 Å². The summed E-state index contributed by atoms with van der Waals surface area (Å²) in [5.74, 6) is 1.51. The molecule has 1 atom stereocenters. The Morgan fingerprint density at radius 1 is 1.05 bits per heavy atom. The molecule has 0 radical (unpaired) electrons. The lowest BCUT2D eigenvalue weighted by Crippen LogP contribution is -2.40. The maximum absolute atomic E-state index is 6.09. The number of nitrogens with two attached hydrogens (primary N) is 1. The predicted octanol–water partition coefficient (Wildman–Crippen LogP) is 2.67. The van der Waals surface area contributed by atoms with Crippen molar-refractivity contribution in [3.05, 3.63) is 5.56 Å². The third-order valence-electron chi connectivity index (χ3n) is 5.08. The van der Waals surface area contributed by atoms with Crippen LogP contribution in [0, 0.1) is 0 Å². The molecule has 4 nitrogen and oxygen atoms in total. The Morgan fingerprint density at radius 2 is 1.85 bits per heavy atom. The molecular formula is C15H24N4S. The molecule has 3 aliphatic rings. The molecular weight excluding hydrogens is 268 g/mol. The number of nitrogens with zero attached hydrogens (tertiary/aromatic N) is 3. The summed E-state index contributed by atoms with van der Waals surface area (Å²) in [6.45, 7) is 4.97. The number of nitrogen functional groups attached to an aromatic ring is 1. The van der Waals surface area contributed by atoms with E-state index in [0.717, 1.165) is 11.9 Å². The zero-order valence-electron chi connectivity index (χ0n) is 12.1. The molecule has 2 aliphatic heterocycles. The minimum absolute atomic E-state index is 0.706. The fraction of sp³-hybridized carbons (Fsp3) is 0.800. The lowest BCUT2D eigenvalue weighted by molar-refractivity contribution is 0.175. The number of likely N-dealkylation sites (tertiary alicyclic amines) is 1. The van der Waals surface area contributed by atoms with Crippen molar-refractivity contribution in [3.63, 3.8) is 0 Å². The Hall–Kier alpha value is -0.810. The Labute approximate surface area is 125 Å². The number of piperidine rings is 1. The van der Waals surface area contributed by atoms with Crippen LogP contribution in [0.2, 0.25) is 0 Å². The van der Waals surface area contributed by atoms with Gasteiger partial charge in [-0.1, -0.05) is 6.42 Å². The Bertz CT molecular complexity index is 476. The molecule has 2 saturated heterocycles. The van der Waals surface area contributed by atoms with Gasteiger partial charge in [-0.05, 0) is 62.6 Å². The summed E-state index contributed by atoms with van der Waals surface area (Å²) in [5, 5.41) is 1.38. The number of hydrogen-bond acceptors (Lipinski definition) is 5. The summed E-state index contributed by atoms with van der Waals surface area (Å²) in [4.78, 5) is 5.27. The van der Waals surface area contributed by atoms with E-state index in [4.69, 9.17) is 5.73 Å². The number of hydrogen-bond donors (Lipinski definition) is 1. The summed E-state index contributed by atoms with van der Waals surface area (Å²) < 4.78 is 4.42. The van der Waals surface area contributed by atoms with Gasteiger partial charge in [0.05, 0.1) is 0 Å². The standard InChI is InChI=1S/C15H24N4S/c16-14-13(11-4-5-11)15(20-17-14)19-9-6-12(10-19)18-7-2-1-3-8-18/h11-12H,1-10H2,(H2,16,17). The fourth-order valence-electron chi connectivity index (χ4n) is 3.79. The first-order valence-corrected chi connectivity index (χ1v) is 8.84. The van der Waals surface area contributed by atoms with Gasteiger partial charge in [0.2, 0.25) is 0 Å². The molecule has 1 unspecified atom stereocenters. The van der Waals surface area contributed by atoms with E-state index in [1.807, 2.05) is 0 Å². The van der Waals surface area contributed by atoms with Crippen LogP contribution >= 0.6 is 11.5 Å². The van der Waals surface area contributed by atoms with Crippen molar-refractivity contribution in [2.75, 3.05) is 36.8 Å². The lowest BCUT2D eigenvalue weighted by atomic mass is 10.1. The highest BCUT2D eigenvalue weighted by molar-refractivity contribution is 7.10. The highest BCUT2D eigenvalue weighted by atomic mass is 32.1.